The number of carbonyl (C=O) groups is 1. The van der Waals surface area contributed by atoms with E-state index in [1.165, 1.54) is 19.3 Å². The second-order valence-corrected chi connectivity index (χ2v) is 5.99. The van der Waals surface area contributed by atoms with Crippen molar-refractivity contribution in [2.24, 2.45) is 5.92 Å². The normalized spacial score (nSPS) is 22.0. The van der Waals surface area contributed by atoms with Gasteiger partial charge in [0.2, 0.25) is 0 Å². The number of nitrogens with one attached hydrogen (secondary N) is 2. The smallest absolute Gasteiger partial charge is 0.319 e. The number of benzene rings is 2. The molecule has 0 unspecified atom stereocenters. The SMILES string of the molecule is C[C@H]1CCCC[C@@H]1NC(=O)Nc1cccc2ccccc12. The lowest BCUT2D eigenvalue weighted by atomic mass is 9.86. The van der Waals surface area contributed by atoms with Crippen LogP contribution in [-0.4, -0.2) is 12.1 Å². The Labute approximate surface area is 125 Å². The zero-order chi connectivity index (χ0) is 14.7. The number of rotatable bonds is 2. The first kappa shape index (κ1) is 13.9. The molecule has 0 bridgehead atoms. The molecule has 0 spiro atoms. The summed E-state index contributed by atoms with van der Waals surface area (Å²) in [6.45, 7) is 2.22. The van der Waals surface area contributed by atoms with Gasteiger partial charge in [-0.1, -0.05) is 56.2 Å². The van der Waals surface area contributed by atoms with Gasteiger partial charge in [0.15, 0.2) is 0 Å². The Hall–Kier alpha value is -2.03. The Morgan fingerprint density at radius 3 is 2.67 bits per heavy atom. The summed E-state index contributed by atoms with van der Waals surface area (Å²) in [5, 5.41) is 8.35. The molecule has 0 aromatic heterocycles. The topological polar surface area (TPSA) is 41.1 Å². The first-order chi connectivity index (χ1) is 10.2. The second kappa shape index (κ2) is 6.17. The van der Waals surface area contributed by atoms with E-state index in [4.69, 9.17) is 0 Å². The van der Waals surface area contributed by atoms with Crippen molar-refractivity contribution in [1.29, 1.82) is 0 Å². The molecule has 2 N–H and O–H groups in total. The summed E-state index contributed by atoms with van der Waals surface area (Å²) in [4.78, 5) is 12.2. The third kappa shape index (κ3) is 3.18. The third-order valence-electron chi connectivity index (χ3n) is 4.47. The molecule has 110 valence electrons. The van der Waals surface area contributed by atoms with Gasteiger partial charge in [0, 0.05) is 11.4 Å². The van der Waals surface area contributed by atoms with Crippen LogP contribution in [0, 0.1) is 5.92 Å². The summed E-state index contributed by atoms with van der Waals surface area (Å²) < 4.78 is 0. The molecular weight excluding hydrogens is 260 g/mol. The van der Waals surface area contributed by atoms with Crippen LogP contribution in [0.5, 0.6) is 0 Å². The van der Waals surface area contributed by atoms with E-state index in [0.29, 0.717) is 12.0 Å². The van der Waals surface area contributed by atoms with E-state index in [2.05, 4.69) is 29.7 Å². The summed E-state index contributed by atoms with van der Waals surface area (Å²) in [6.07, 6.45) is 4.79. The number of hydrogen-bond donors (Lipinski definition) is 2. The van der Waals surface area contributed by atoms with Crippen molar-refractivity contribution >= 4 is 22.5 Å². The third-order valence-corrected chi connectivity index (χ3v) is 4.47. The van der Waals surface area contributed by atoms with Crippen LogP contribution in [0.15, 0.2) is 42.5 Å². The molecule has 2 aromatic rings. The number of carbonyl (C=O) groups excluding carboxylic acids is 1. The average Bonchev–Trinajstić information content (AvgIpc) is 2.50. The van der Waals surface area contributed by atoms with Gasteiger partial charge in [-0.15, -0.1) is 0 Å². The molecule has 0 aliphatic heterocycles. The lowest BCUT2D eigenvalue weighted by Crippen LogP contribution is -2.43. The van der Waals surface area contributed by atoms with Gasteiger partial charge in [-0.25, -0.2) is 4.79 Å². The fourth-order valence-electron chi connectivity index (χ4n) is 3.19. The predicted molar refractivity (Wildman–Crippen MR) is 87.5 cm³/mol. The highest BCUT2D eigenvalue weighted by atomic mass is 16.2. The van der Waals surface area contributed by atoms with Gasteiger partial charge in [-0.3, -0.25) is 0 Å². The number of hydrogen-bond acceptors (Lipinski definition) is 1. The number of fused-ring (bicyclic) bond motifs is 1. The summed E-state index contributed by atoms with van der Waals surface area (Å²) in [5.41, 5.74) is 0.870. The summed E-state index contributed by atoms with van der Waals surface area (Å²) >= 11 is 0. The lowest BCUT2D eigenvalue weighted by molar-refractivity contribution is 0.232. The zero-order valence-electron chi connectivity index (χ0n) is 12.4. The van der Waals surface area contributed by atoms with Crippen molar-refractivity contribution in [3.05, 3.63) is 42.5 Å². The molecule has 1 aliphatic rings. The molecule has 0 radical (unpaired) electrons. The average molecular weight is 282 g/mol. The summed E-state index contributed by atoms with van der Waals surface area (Å²) in [6, 6.07) is 14.3. The Bertz CT molecular complexity index is 633. The van der Waals surface area contributed by atoms with E-state index in [1.807, 2.05) is 30.3 Å². The van der Waals surface area contributed by atoms with Gasteiger partial charge in [0.1, 0.15) is 0 Å². The minimum Gasteiger partial charge on any atom is -0.335 e. The van der Waals surface area contributed by atoms with Crippen molar-refractivity contribution in [2.75, 3.05) is 5.32 Å². The highest BCUT2D eigenvalue weighted by Gasteiger charge is 2.22. The van der Waals surface area contributed by atoms with Crippen molar-refractivity contribution in [2.45, 2.75) is 38.6 Å². The molecule has 2 aromatic carbocycles. The minimum absolute atomic E-state index is 0.0925. The highest BCUT2D eigenvalue weighted by molar-refractivity contribution is 6.01. The molecule has 21 heavy (non-hydrogen) atoms. The van der Waals surface area contributed by atoms with Gasteiger partial charge in [0.05, 0.1) is 5.69 Å². The molecular formula is C18H22N2O. The maximum atomic E-state index is 12.2. The van der Waals surface area contributed by atoms with Crippen LogP contribution in [0.1, 0.15) is 32.6 Å². The van der Waals surface area contributed by atoms with E-state index >= 15 is 0 Å². The Balaban J connectivity index is 1.71. The number of urea groups is 1. The van der Waals surface area contributed by atoms with Gasteiger partial charge >= 0.3 is 6.03 Å². The van der Waals surface area contributed by atoms with E-state index in [0.717, 1.165) is 22.9 Å². The van der Waals surface area contributed by atoms with Crippen LogP contribution in [0.3, 0.4) is 0 Å². The molecule has 3 nitrogen and oxygen atoms in total. The Kier molecular flexibility index (Phi) is 4.09. The predicted octanol–water partition coefficient (Wildman–Crippen LogP) is 4.54. The van der Waals surface area contributed by atoms with Gasteiger partial charge in [0.25, 0.3) is 0 Å². The molecule has 2 amide bonds. The van der Waals surface area contributed by atoms with E-state index in [-0.39, 0.29) is 6.03 Å². The minimum atomic E-state index is -0.0925. The van der Waals surface area contributed by atoms with E-state index < -0.39 is 0 Å². The molecule has 1 fully saturated rings. The number of amides is 2. The van der Waals surface area contributed by atoms with Gasteiger partial charge < -0.3 is 10.6 Å². The second-order valence-electron chi connectivity index (χ2n) is 5.99. The molecule has 1 saturated carbocycles. The highest BCUT2D eigenvalue weighted by Crippen LogP contribution is 2.25. The first-order valence-corrected chi connectivity index (χ1v) is 7.79. The van der Waals surface area contributed by atoms with E-state index in [1.54, 1.807) is 0 Å². The van der Waals surface area contributed by atoms with Crippen molar-refractivity contribution < 1.29 is 4.79 Å². The summed E-state index contributed by atoms with van der Waals surface area (Å²) in [7, 11) is 0. The zero-order valence-corrected chi connectivity index (χ0v) is 12.4. The van der Waals surface area contributed by atoms with Gasteiger partial charge in [-0.2, -0.15) is 0 Å². The Morgan fingerprint density at radius 1 is 1.05 bits per heavy atom. The molecule has 2 atom stereocenters. The van der Waals surface area contributed by atoms with Crippen LogP contribution in [0.2, 0.25) is 0 Å². The van der Waals surface area contributed by atoms with Crippen molar-refractivity contribution in [3.63, 3.8) is 0 Å². The molecule has 3 heteroatoms. The maximum absolute atomic E-state index is 12.2. The van der Waals surface area contributed by atoms with Crippen LogP contribution in [-0.2, 0) is 0 Å². The lowest BCUT2D eigenvalue weighted by Gasteiger charge is -2.29. The Morgan fingerprint density at radius 2 is 1.81 bits per heavy atom. The first-order valence-electron chi connectivity index (χ1n) is 7.79. The van der Waals surface area contributed by atoms with Crippen molar-refractivity contribution in [1.82, 2.24) is 5.32 Å². The van der Waals surface area contributed by atoms with E-state index in [9.17, 15) is 4.79 Å². The number of anilines is 1. The largest absolute Gasteiger partial charge is 0.335 e. The van der Waals surface area contributed by atoms with Crippen LogP contribution in [0.4, 0.5) is 10.5 Å². The van der Waals surface area contributed by atoms with Crippen LogP contribution in [0.25, 0.3) is 10.8 Å². The monoisotopic (exact) mass is 282 g/mol. The van der Waals surface area contributed by atoms with Crippen LogP contribution < -0.4 is 10.6 Å². The summed E-state index contributed by atoms with van der Waals surface area (Å²) in [5.74, 6) is 0.567. The quantitative estimate of drug-likeness (QED) is 0.834. The fourth-order valence-corrected chi connectivity index (χ4v) is 3.19. The van der Waals surface area contributed by atoms with Crippen molar-refractivity contribution in [3.8, 4) is 0 Å². The molecule has 0 heterocycles. The fraction of sp³-hybridized carbons (Fsp3) is 0.389. The molecule has 3 rings (SSSR count). The maximum Gasteiger partial charge on any atom is 0.319 e. The van der Waals surface area contributed by atoms with Gasteiger partial charge in [-0.05, 0) is 30.2 Å². The van der Waals surface area contributed by atoms with Crippen LogP contribution >= 0.6 is 0 Å². The standard InChI is InChI=1S/C18H22N2O/c1-13-7-2-5-11-16(13)19-18(21)20-17-12-6-9-14-8-3-4-10-15(14)17/h3-4,6,8-10,12-13,16H,2,5,7,11H2,1H3,(H2,19,20,21)/t13-,16-/m0/s1. The molecule has 0 saturated heterocycles. The molecule has 1 aliphatic carbocycles.